The molecule has 4 nitrogen and oxygen atoms in total. The molecule has 0 unspecified atom stereocenters. The second-order valence-electron chi connectivity index (χ2n) is 8.98. The fraction of sp³-hybridized carbons (Fsp3) is 0.310. The summed E-state index contributed by atoms with van der Waals surface area (Å²) < 4.78 is 0. The van der Waals surface area contributed by atoms with Crippen molar-refractivity contribution in [2.75, 3.05) is 6.54 Å². The van der Waals surface area contributed by atoms with Crippen LogP contribution in [0.3, 0.4) is 0 Å². The van der Waals surface area contributed by atoms with Gasteiger partial charge in [0.25, 0.3) is 0 Å². The Balaban J connectivity index is 1.88. The molecular formula is C29H33ClN2O2. The molecule has 3 aromatic carbocycles. The van der Waals surface area contributed by atoms with Crippen molar-refractivity contribution in [3.05, 3.63) is 107 Å². The van der Waals surface area contributed by atoms with Crippen molar-refractivity contribution in [2.24, 2.45) is 5.92 Å². The van der Waals surface area contributed by atoms with Gasteiger partial charge in [0.1, 0.15) is 6.04 Å². The van der Waals surface area contributed by atoms with Crippen LogP contribution in [-0.2, 0) is 29.0 Å². The molecule has 0 aromatic heterocycles. The smallest absolute Gasteiger partial charge is 0.243 e. The van der Waals surface area contributed by atoms with Crippen LogP contribution in [0, 0.1) is 5.92 Å². The molecule has 3 aromatic rings. The molecule has 5 heteroatoms. The predicted octanol–water partition coefficient (Wildman–Crippen LogP) is 5.68. The lowest BCUT2D eigenvalue weighted by Crippen LogP contribution is -2.51. The standard InChI is InChI=1S/C29H33ClN2O2/c1-22(2)20-31-29(34)27(19-24-11-7-4-8-12-24)32(21-25-13-16-26(30)17-14-25)28(33)18-15-23-9-5-3-6-10-23/h3-14,16-17,22,27H,15,18-21H2,1-2H3,(H,31,34)/t27-/m0/s1. The summed E-state index contributed by atoms with van der Waals surface area (Å²) in [4.78, 5) is 28.7. The second kappa shape index (κ2) is 13.0. The molecule has 0 saturated heterocycles. The molecule has 0 aliphatic carbocycles. The summed E-state index contributed by atoms with van der Waals surface area (Å²) in [7, 11) is 0. The Labute approximate surface area is 207 Å². The van der Waals surface area contributed by atoms with E-state index in [1.54, 1.807) is 4.90 Å². The molecule has 0 heterocycles. The van der Waals surface area contributed by atoms with Crippen LogP contribution in [0.4, 0.5) is 0 Å². The lowest BCUT2D eigenvalue weighted by Gasteiger charge is -2.32. The minimum Gasteiger partial charge on any atom is -0.354 e. The maximum absolute atomic E-state index is 13.6. The molecule has 0 bridgehead atoms. The van der Waals surface area contributed by atoms with Gasteiger partial charge in [-0.3, -0.25) is 9.59 Å². The van der Waals surface area contributed by atoms with E-state index in [9.17, 15) is 9.59 Å². The summed E-state index contributed by atoms with van der Waals surface area (Å²) in [6.07, 6.45) is 1.41. The number of amides is 2. The number of aryl methyl sites for hydroxylation is 1. The first kappa shape index (κ1) is 25.5. The van der Waals surface area contributed by atoms with Crippen molar-refractivity contribution in [1.29, 1.82) is 0 Å². The van der Waals surface area contributed by atoms with Crippen molar-refractivity contribution >= 4 is 23.4 Å². The van der Waals surface area contributed by atoms with E-state index in [-0.39, 0.29) is 11.8 Å². The summed E-state index contributed by atoms with van der Waals surface area (Å²) in [5.74, 6) is 0.152. The third-order valence-electron chi connectivity index (χ3n) is 5.69. The molecule has 2 amide bonds. The van der Waals surface area contributed by atoms with E-state index >= 15 is 0 Å². The number of hydrogen-bond acceptors (Lipinski definition) is 2. The maximum atomic E-state index is 13.6. The largest absolute Gasteiger partial charge is 0.354 e. The van der Waals surface area contributed by atoms with Crippen LogP contribution < -0.4 is 5.32 Å². The number of carbonyl (C=O) groups is 2. The Hall–Kier alpha value is -3.11. The number of carbonyl (C=O) groups excluding carboxylic acids is 2. The highest BCUT2D eigenvalue weighted by Gasteiger charge is 2.30. The minimum atomic E-state index is -0.611. The molecule has 3 rings (SSSR count). The topological polar surface area (TPSA) is 49.4 Å². The Kier molecular flexibility index (Phi) is 9.72. The molecule has 1 N–H and O–H groups in total. The van der Waals surface area contributed by atoms with Crippen LogP contribution in [0.15, 0.2) is 84.9 Å². The minimum absolute atomic E-state index is 0.0422. The van der Waals surface area contributed by atoms with E-state index in [4.69, 9.17) is 11.6 Å². The number of halogens is 1. The Morgan fingerprint density at radius 3 is 2.00 bits per heavy atom. The van der Waals surface area contributed by atoms with Crippen LogP contribution in [0.5, 0.6) is 0 Å². The van der Waals surface area contributed by atoms with Gasteiger partial charge < -0.3 is 10.2 Å². The molecule has 0 fully saturated rings. The zero-order valence-electron chi connectivity index (χ0n) is 19.9. The van der Waals surface area contributed by atoms with E-state index in [1.165, 1.54) is 0 Å². The SMILES string of the molecule is CC(C)CNC(=O)[C@H](Cc1ccccc1)N(Cc1ccc(Cl)cc1)C(=O)CCc1ccccc1. The lowest BCUT2D eigenvalue weighted by molar-refractivity contribution is -0.141. The highest BCUT2D eigenvalue weighted by molar-refractivity contribution is 6.30. The lowest BCUT2D eigenvalue weighted by atomic mass is 10.0. The summed E-state index contributed by atoms with van der Waals surface area (Å²) >= 11 is 6.07. The van der Waals surface area contributed by atoms with Gasteiger partial charge in [0.05, 0.1) is 0 Å². The average molecular weight is 477 g/mol. The Morgan fingerprint density at radius 1 is 0.824 bits per heavy atom. The predicted molar refractivity (Wildman–Crippen MR) is 139 cm³/mol. The van der Waals surface area contributed by atoms with Crippen LogP contribution in [0.1, 0.15) is 37.0 Å². The number of benzene rings is 3. The van der Waals surface area contributed by atoms with Crippen molar-refractivity contribution < 1.29 is 9.59 Å². The number of hydrogen-bond donors (Lipinski definition) is 1. The molecule has 34 heavy (non-hydrogen) atoms. The van der Waals surface area contributed by atoms with E-state index in [0.29, 0.717) is 43.3 Å². The first-order valence-electron chi connectivity index (χ1n) is 11.8. The van der Waals surface area contributed by atoms with Gasteiger partial charge >= 0.3 is 0 Å². The highest BCUT2D eigenvalue weighted by atomic mass is 35.5. The first-order chi connectivity index (χ1) is 16.4. The van der Waals surface area contributed by atoms with Crippen molar-refractivity contribution in [3.63, 3.8) is 0 Å². The summed E-state index contributed by atoms with van der Waals surface area (Å²) in [6, 6.07) is 26.7. The van der Waals surface area contributed by atoms with Gasteiger partial charge in [-0.15, -0.1) is 0 Å². The van der Waals surface area contributed by atoms with Crippen molar-refractivity contribution in [2.45, 2.75) is 45.7 Å². The quantitative estimate of drug-likeness (QED) is 0.386. The summed E-state index contributed by atoms with van der Waals surface area (Å²) in [5, 5.41) is 3.69. The molecule has 0 aliphatic rings. The van der Waals surface area contributed by atoms with Gasteiger partial charge in [0.15, 0.2) is 0 Å². The molecule has 0 aliphatic heterocycles. The third kappa shape index (κ3) is 8.03. The van der Waals surface area contributed by atoms with Crippen molar-refractivity contribution in [3.8, 4) is 0 Å². The first-order valence-corrected chi connectivity index (χ1v) is 12.2. The van der Waals surface area contributed by atoms with Crippen LogP contribution in [0.2, 0.25) is 5.02 Å². The van der Waals surface area contributed by atoms with E-state index in [2.05, 4.69) is 19.2 Å². The average Bonchev–Trinajstić information content (AvgIpc) is 2.85. The fourth-order valence-electron chi connectivity index (χ4n) is 3.80. The number of nitrogens with zero attached hydrogens (tertiary/aromatic N) is 1. The Bertz CT molecular complexity index is 1040. The normalized spacial score (nSPS) is 11.8. The van der Waals surface area contributed by atoms with Gasteiger partial charge in [-0.25, -0.2) is 0 Å². The summed E-state index contributed by atoms with van der Waals surface area (Å²) in [5.41, 5.74) is 3.06. The molecular weight excluding hydrogens is 444 g/mol. The molecule has 1 atom stereocenters. The van der Waals surface area contributed by atoms with Gasteiger partial charge in [-0.05, 0) is 41.2 Å². The van der Waals surface area contributed by atoms with Gasteiger partial charge in [-0.1, -0.05) is 98.2 Å². The van der Waals surface area contributed by atoms with Gasteiger partial charge in [-0.2, -0.15) is 0 Å². The van der Waals surface area contributed by atoms with Crippen LogP contribution in [-0.4, -0.2) is 29.3 Å². The zero-order chi connectivity index (χ0) is 24.3. The fourth-order valence-corrected chi connectivity index (χ4v) is 3.93. The third-order valence-corrected chi connectivity index (χ3v) is 5.94. The maximum Gasteiger partial charge on any atom is 0.243 e. The van der Waals surface area contributed by atoms with Gasteiger partial charge in [0.2, 0.25) is 11.8 Å². The van der Waals surface area contributed by atoms with Crippen molar-refractivity contribution in [1.82, 2.24) is 10.2 Å². The number of nitrogens with one attached hydrogen (secondary N) is 1. The number of rotatable bonds is 11. The van der Waals surface area contributed by atoms with E-state index in [0.717, 1.165) is 16.7 Å². The molecule has 0 spiro atoms. The monoisotopic (exact) mass is 476 g/mol. The molecule has 0 radical (unpaired) electrons. The zero-order valence-corrected chi connectivity index (χ0v) is 20.7. The molecule has 0 saturated carbocycles. The summed E-state index contributed by atoms with van der Waals surface area (Å²) in [6.45, 7) is 5.03. The molecule has 178 valence electrons. The van der Waals surface area contributed by atoms with E-state index < -0.39 is 6.04 Å². The van der Waals surface area contributed by atoms with Crippen LogP contribution in [0.25, 0.3) is 0 Å². The van der Waals surface area contributed by atoms with Crippen LogP contribution >= 0.6 is 11.6 Å². The second-order valence-corrected chi connectivity index (χ2v) is 9.41. The Morgan fingerprint density at radius 2 is 1.41 bits per heavy atom. The van der Waals surface area contributed by atoms with E-state index in [1.807, 2.05) is 84.9 Å². The highest BCUT2D eigenvalue weighted by Crippen LogP contribution is 2.18. The van der Waals surface area contributed by atoms with Gasteiger partial charge in [0, 0.05) is 31.0 Å².